The molecule has 4 aliphatic rings. The Labute approximate surface area is 371 Å². The summed E-state index contributed by atoms with van der Waals surface area (Å²) in [6.07, 6.45) is 16.5. The molecule has 14 atom stereocenters. The number of hydrogen-bond donors (Lipinski definition) is 3. The van der Waals surface area contributed by atoms with E-state index < -0.39 is 65.9 Å². The highest BCUT2D eigenvalue weighted by Gasteiger charge is 2.52. The average Bonchev–Trinajstić information content (AvgIpc) is 3.25. The molecule has 0 spiro atoms. The Morgan fingerprint density at radius 1 is 0.855 bits per heavy atom. The molecular weight excluding hydrogens is 791 g/mol. The summed E-state index contributed by atoms with van der Waals surface area (Å²) in [5, 5.41) is 33.7. The van der Waals surface area contributed by atoms with Crippen LogP contribution in [0.15, 0.2) is 47.6 Å². The van der Waals surface area contributed by atoms with Crippen LogP contribution in [-0.4, -0.2) is 113 Å². The number of aliphatic hydroxyl groups excluding tert-OH is 2. The molecule has 3 heterocycles. The van der Waals surface area contributed by atoms with Crippen molar-refractivity contribution in [2.45, 2.75) is 187 Å². The van der Waals surface area contributed by atoms with E-state index in [0.717, 1.165) is 18.4 Å². The van der Waals surface area contributed by atoms with Gasteiger partial charge in [0.15, 0.2) is 5.78 Å². The van der Waals surface area contributed by atoms with Gasteiger partial charge in [-0.05, 0) is 133 Å². The van der Waals surface area contributed by atoms with E-state index in [1.807, 2.05) is 51.2 Å². The minimum absolute atomic E-state index is 0.0638. The largest absolute Gasteiger partial charge is 0.461 e. The van der Waals surface area contributed by atoms with Crippen molar-refractivity contribution in [3.8, 4) is 0 Å². The molecule has 0 aromatic heterocycles. The normalized spacial score (nSPS) is 40.5. The second kappa shape index (κ2) is 24.3. The second-order valence-electron chi connectivity index (χ2n) is 19.4. The molecule has 350 valence electrons. The topological polar surface area (TPSA) is 169 Å². The van der Waals surface area contributed by atoms with Crippen LogP contribution in [0.25, 0.3) is 0 Å². The van der Waals surface area contributed by atoms with Gasteiger partial charge in [0.25, 0.3) is 11.7 Å². The van der Waals surface area contributed by atoms with Crippen LogP contribution in [0.2, 0.25) is 0 Å². The van der Waals surface area contributed by atoms with Crippen LogP contribution in [0, 0.1) is 35.5 Å². The van der Waals surface area contributed by atoms with E-state index in [9.17, 15) is 34.5 Å². The number of carbonyl (C=O) groups excluding carboxylic acids is 4. The molecule has 1 aliphatic carbocycles. The summed E-state index contributed by atoms with van der Waals surface area (Å²) < 4.78 is 23.7. The van der Waals surface area contributed by atoms with Crippen LogP contribution in [-0.2, 0) is 38.1 Å². The predicted molar refractivity (Wildman–Crippen MR) is 239 cm³/mol. The molecule has 0 aromatic rings. The molecule has 0 radical (unpaired) electrons. The molecule has 3 fully saturated rings. The lowest BCUT2D eigenvalue weighted by Crippen LogP contribution is -2.60. The van der Waals surface area contributed by atoms with Crippen molar-refractivity contribution >= 4 is 23.4 Å². The Hall–Kier alpha value is -3.00. The Bertz CT molecular complexity index is 1620. The lowest BCUT2D eigenvalue weighted by atomic mass is 9.78. The quantitative estimate of drug-likeness (QED) is 0.143. The Balaban J connectivity index is 1.64. The van der Waals surface area contributed by atoms with Gasteiger partial charge in [-0.15, -0.1) is 0 Å². The van der Waals surface area contributed by atoms with Gasteiger partial charge in [-0.2, -0.15) is 0 Å². The Kier molecular flexibility index (Phi) is 20.3. The number of Topliss-reactive ketones (excluding diaryl/α,β-unsaturated/α-hetero) is 2. The van der Waals surface area contributed by atoms with Crippen molar-refractivity contribution in [1.82, 2.24) is 4.90 Å². The van der Waals surface area contributed by atoms with E-state index in [1.54, 1.807) is 21.0 Å². The number of nitrogens with zero attached hydrogens (tertiary/aromatic N) is 1. The monoisotopic (exact) mass is 870 g/mol. The van der Waals surface area contributed by atoms with Crippen molar-refractivity contribution in [2.75, 3.05) is 20.8 Å². The van der Waals surface area contributed by atoms with E-state index in [1.165, 1.54) is 12.0 Å². The number of amides is 1. The molecule has 3 N–H and O–H groups in total. The zero-order valence-electron chi connectivity index (χ0n) is 39.1. The number of hydrogen-bond acceptors (Lipinski definition) is 11. The molecule has 1 amide bonds. The zero-order chi connectivity index (χ0) is 45.7. The van der Waals surface area contributed by atoms with E-state index in [4.69, 9.17) is 18.9 Å². The van der Waals surface area contributed by atoms with Gasteiger partial charge in [-0.1, -0.05) is 76.6 Å². The van der Waals surface area contributed by atoms with Crippen molar-refractivity contribution in [1.29, 1.82) is 0 Å². The first kappa shape index (κ1) is 51.6. The van der Waals surface area contributed by atoms with Crippen LogP contribution in [0.1, 0.15) is 138 Å². The number of rotatable bonds is 5. The maximum Gasteiger partial charge on any atom is 0.329 e. The van der Waals surface area contributed by atoms with Gasteiger partial charge < -0.3 is 39.2 Å². The summed E-state index contributed by atoms with van der Waals surface area (Å²) in [4.78, 5) is 57.4. The predicted octanol–water partition coefficient (Wildman–Crippen LogP) is 7.38. The molecule has 12 nitrogen and oxygen atoms in total. The number of methoxy groups -OCH3 is 2. The third-order valence-corrected chi connectivity index (χ3v) is 14.1. The number of fused-ring (bicyclic) bond motifs is 3. The fraction of sp³-hybridized carbons (Fsp3) is 0.760. The van der Waals surface area contributed by atoms with Crippen LogP contribution < -0.4 is 0 Å². The molecule has 1 saturated carbocycles. The number of piperidine rings is 1. The van der Waals surface area contributed by atoms with E-state index in [2.05, 4.69) is 19.9 Å². The van der Waals surface area contributed by atoms with Crippen molar-refractivity contribution in [3.05, 3.63) is 47.6 Å². The van der Waals surface area contributed by atoms with Gasteiger partial charge in [0.05, 0.1) is 18.3 Å². The summed E-state index contributed by atoms with van der Waals surface area (Å²) in [5.41, 5.74) is 1.70. The van der Waals surface area contributed by atoms with Crippen molar-refractivity contribution < 1.29 is 53.4 Å². The highest BCUT2D eigenvalue weighted by molar-refractivity contribution is 6.39. The first-order valence-corrected chi connectivity index (χ1v) is 23.5. The fourth-order valence-electron chi connectivity index (χ4n) is 10.0. The number of allylic oxidation sites excluding steroid dienone is 7. The maximum atomic E-state index is 14.3. The molecule has 62 heavy (non-hydrogen) atoms. The van der Waals surface area contributed by atoms with Gasteiger partial charge in [0.1, 0.15) is 24.4 Å². The highest BCUT2D eigenvalue weighted by Crippen LogP contribution is 2.37. The number of esters is 1. The summed E-state index contributed by atoms with van der Waals surface area (Å²) in [5.74, 6) is -5.78. The van der Waals surface area contributed by atoms with Crippen LogP contribution >= 0.6 is 0 Å². The highest BCUT2D eigenvalue weighted by atomic mass is 16.6. The zero-order valence-corrected chi connectivity index (χ0v) is 39.1. The van der Waals surface area contributed by atoms with Crippen molar-refractivity contribution in [3.63, 3.8) is 0 Å². The molecule has 0 aromatic carbocycles. The van der Waals surface area contributed by atoms with Gasteiger partial charge in [0, 0.05) is 32.6 Å². The smallest absolute Gasteiger partial charge is 0.329 e. The van der Waals surface area contributed by atoms with Crippen LogP contribution in [0.4, 0.5) is 0 Å². The first-order valence-electron chi connectivity index (χ1n) is 23.5. The Morgan fingerprint density at radius 3 is 2.31 bits per heavy atom. The van der Waals surface area contributed by atoms with Gasteiger partial charge in [-0.25, -0.2) is 4.79 Å². The van der Waals surface area contributed by atoms with Gasteiger partial charge in [-0.3, -0.25) is 14.4 Å². The van der Waals surface area contributed by atoms with Gasteiger partial charge >= 0.3 is 5.97 Å². The van der Waals surface area contributed by atoms with Crippen LogP contribution in [0.5, 0.6) is 0 Å². The third kappa shape index (κ3) is 14.0. The number of aliphatic hydroxyl groups is 3. The summed E-state index contributed by atoms with van der Waals surface area (Å²) >= 11 is 0. The molecule has 12 heteroatoms. The lowest BCUT2D eigenvalue weighted by Gasteiger charge is -2.42. The van der Waals surface area contributed by atoms with E-state index in [-0.39, 0.29) is 48.0 Å². The maximum absolute atomic E-state index is 14.3. The van der Waals surface area contributed by atoms with Crippen molar-refractivity contribution in [2.24, 2.45) is 35.5 Å². The molecule has 2 saturated heterocycles. The second-order valence-corrected chi connectivity index (χ2v) is 19.4. The minimum Gasteiger partial charge on any atom is -0.461 e. The Morgan fingerprint density at radius 2 is 1.60 bits per heavy atom. The molecule has 2 bridgehead atoms. The minimum atomic E-state index is -2.31. The van der Waals surface area contributed by atoms with Crippen LogP contribution in [0.3, 0.4) is 0 Å². The molecule has 7 unspecified atom stereocenters. The van der Waals surface area contributed by atoms with Gasteiger partial charge in [0.2, 0.25) is 5.79 Å². The van der Waals surface area contributed by atoms with E-state index in [0.29, 0.717) is 82.6 Å². The SMILES string of the molecule is COC1CC(C[C@@H](C)C2CCC(C)/C=C(\C)[C@@H](O)C(OC)C(=O)[C@H](C)C[C@H](C)/C=C/C=C/C=C(\C)CCC3CC[C@@H](C)C(O)(O3)C(=O)C(=O)N3CCCC[C@H]3C(=O)O2)CC[C@H]1O. The third-order valence-electron chi connectivity index (χ3n) is 14.1. The van der Waals surface area contributed by atoms with E-state index >= 15 is 0 Å². The molecule has 3 aliphatic heterocycles. The first-order chi connectivity index (χ1) is 29.4. The number of ketones is 2. The lowest BCUT2D eigenvalue weighted by molar-refractivity contribution is -0.263. The summed E-state index contributed by atoms with van der Waals surface area (Å²) in [6, 6.07) is -0.994. The number of carbonyl (C=O) groups is 4. The molecular formula is C50H79NO11. The number of ether oxygens (including phenoxy) is 4. The fourth-order valence-corrected chi connectivity index (χ4v) is 10.0. The molecule has 4 rings (SSSR count). The summed E-state index contributed by atoms with van der Waals surface area (Å²) in [7, 11) is 3.06. The standard InChI is InChI=1S/C50H79NO11/c1-31-15-11-10-12-16-32(2)27-35(5)44(53)46(60-9)45(54)36(6)28-33(3)19-25-42(34(4)29-38-21-24-41(52)43(30-38)59-8)61-49(57)40-17-13-14-26-51(40)48(56)47(55)50(58)37(7)20-23-39(62-50)22-18-31/h10-12,15-16,28,32-35,37-43,45-46,52,54,58H,13-14,17-27,29-30H2,1-9H3/b11-10+,16-12+,31-15+,36-28+/t32-,33?,34-,35-,37-,38?,39?,40+,41-,42?,43?,45-,46?,50?/m1/s1. The summed E-state index contributed by atoms with van der Waals surface area (Å²) in [6.45, 7) is 13.7. The number of cyclic esters (lactones) is 1. The average molecular weight is 870 g/mol.